The van der Waals surface area contributed by atoms with E-state index in [1.807, 2.05) is 19.9 Å². The first-order chi connectivity index (χ1) is 26.7. The molecule has 16 heteroatoms. The average Bonchev–Trinajstić information content (AvgIpc) is 3.43. The number of ether oxygens (including phenoxy) is 5. The van der Waals surface area contributed by atoms with Gasteiger partial charge >= 0.3 is 12.1 Å². The molecule has 3 fully saturated rings. The molecule has 0 saturated carbocycles. The second kappa shape index (κ2) is 18.6. The van der Waals surface area contributed by atoms with Gasteiger partial charge in [0.1, 0.15) is 18.0 Å². The Bertz CT molecular complexity index is 1600. The highest BCUT2D eigenvalue weighted by Gasteiger charge is 2.62. The van der Waals surface area contributed by atoms with Crippen molar-refractivity contribution in [2.75, 3.05) is 26.7 Å². The Morgan fingerprint density at radius 1 is 1.12 bits per heavy atom. The number of alkyl halides is 1. The molecular weight excluding hydrogens is 743 g/mol. The normalized spacial score (nSPS) is 38.2. The minimum Gasteiger partial charge on any atom is -0.455 e. The third kappa shape index (κ3) is 9.67. The highest BCUT2D eigenvalue weighted by molar-refractivity contribution is 6.08. The number of methoxy groups -OCH3 is 1. The van der Waals surface area contributed by atoms with Crippen molar-refractivity contribution in [1.82, 2.24) is 20.1 Å². The van der Waals surface area contributed by atoms with Gasteiger partial charge in [0.05, 0.1) is 23.9 Å². The first kappa shape index (κ1) is 46.1. The molecule has 1 unspecified atom stereocenters. The van der Waals surface area contributed by atoms with Crippen LogP contribution in [-0.2, 0) is 49.4 Å². The Balaban J connectivity index is 1.78. The summed E-state index contributed by atoms with van der Waals surface area (Å²) in [7, 11) is 1.38. The fourth-order valence-electron chi connectivity index (χ4n) is 8.98. The van der Waals surface area contributed by atoms with Gasteiger partial charge in [-0.2, -0.15) is 0 Å². The van der Waals surface area contributed by atoms with Crippen molar-refractivity contribution < 1.29 is 57.2 Å². The number of esters is 1. The number of cyclic esters (lactones) is 1. The third-order valence-electron chi connectivity index (χ3n) is 12.2. The number of halogens is 1. The zero-order chi connectivity index (χ0) is 42.6. The summed E-state index contributed by atoms with van der Waals surface area (Å²) in [4.78, 5) is 76.5. The van der Waals surface area contributed by atoms with Crippen molar-refractivity contribution in [2.45, 2.75) is 155 Å². The average molecular weight is 807 g/mol. The molecule has 0 spiro atoms. The second-order valence-electron chi connectivity index (χ2n) is 16.5. The number of rotatable bonds is 11. The van der Waals surface area contributed by atoms with Crippen molar-refractivity contribution in [3.63, 3.8) is 0 Å². The molecule has 1 aromatic rings. The highest BCUT2D eigenvalue weighted by Crippen LogP contribution is 2.43. The van der Waals surface area contributed by atoms with Gasteiger partial charge in [-0.15, -0.1) is 0 Å². The van der Waals surface area contributed by atoms with E-state index in [1.165, 1.54) is 37.7 Å². The van der Waals surface area contributed by atoms with Crippen LogP contribution >= 0.6 is 0 Å². The Labute approximate surface area is 335 Å². The number of amides is 2. The number of likely N-dealkylation sites (N-methyl/N-ethyl adjacent to an activating group) is 1. The fraction of sp³-hybridized carbons (Fsp3) is 0.756. The largest absolute Gasteiger partial charge is 0.455 e. The molecular formula is C41H63FN4O11. The monoisotopic (exact) mass is 806 g/mol. The minimum absolute atomic E-state index is 0.0340. The van der Waals surface area contributed by atoms with Gasteiger partial charge in [-0.05, 0) is 65.1 Å². The van der Waals surface area contributed by atoms with Gasteiger partial charge in [0, 0.05) is 69.9 Å². The van der Waals surface area contributed by atoms with Gasteiger partial charge < -0.3 is 39.0 Å². The van der Waals surface area contributed by atoms with Crippen LogP contribution in [0.3, 0.4) is 0 Å². The zero-order valence-electron chi connectivity index (χ0n) is 35.3. The second-order valence-corrected chi connectivity index (χ2v) is 16.5. The summed E-state index contributed by atoms with van der Waals surface area (Å²) in [5.74, 6) is -6.36. The molecule has 2 amide bonds. The lowest BCUT2D eigenvalue weighted by molar-refractivity contribution is -0.290. The van der Waals surface area contributed by atoms with E-state index in [1.54, 1.807) is 46.2 Å². The van der Waals surface area contributed by atoms with Crippen LogP contribution in [0.15, 0.2) is 24.5 Å². The SMILES string of the molecule is CCN[C@H]1C[C@@H](C)O[C@@H](O[C@@H]2[C@@H](C)C(=O)[C@](C)(F)C(=O)O[C@H](CC)[C@@]3(C)OC(=O)N(CCN(Cc4cccnc4)C(C)=O)C3[C@@H](C)C(=O)[C@H](C)C[C@@]2(C)OC)[C@H]1O. The van der Waals surface area contributed by atoms with Crippen LogP contribution < -0.4 is 5.32 Å². The number of carbonyl (C=O) groups excluding carboxylic acids is 5. The number of ketones is 2. The number of carbonyl (C=O) groups is 5. The summed E-state index contributed by atoms with van der Waals surface area (Å²) in [6, 6.07) is 2.11. The maximum atomic E-state index is 16.9. The first-order valence-corrected chi connectivity index (χ1v) is 20.1. The number of pyridine rings is 1. The third-order valence-corrected chi connectivity index (χ3v) is 12.2. The van der Waals surface area contributed by atoms with E-state index in [0.717, 1.165) is 12.5 Å². The number of aromatic nitrogens is 1. The predicted molar refractivity (Wildman–Crippen MR) is 205 cm³/mol. The van der Waals surface area contributed by atoms with Crippen LogP contribution in [0, 0.1) is 17.8 Å². The molecule has 4 heterocycles. The van der Waals surface area contributed by atoms with E-state index >= 15 is 4.39 Å². The number of hydrogen-bond donors (Lipinski definition) is 2. The fourth-order valence-corrected chi connectivity index (χ4v) is 8.98. The van der Waals surface area contributed by atoms with Gasteiger partial charge in [-0.25, -0.2) is 14.0 Å². The molecule has 320 valence electrons. The van der Waals surface area contributed by atoms with E-state index in [-0.39, 0.29) is 50.3 Å². The Kier molecular flexibility index (Phi) is 15.0. The number of nitrogens with zero attached hydrogens (tertiary/aromatic N) is 3. The number of aliphatic hydroxyl groups excluding tert-OH is 1. The summed E-state index contributed by atoms with van der Waals surface area (Å²) < 4.78 is 47.3. The number of fused-ring (bicyclic) bond motifs is 1. The highest BCUT2D eigenvalue weighted by atomic mass is 19.1. The minimum atomic E-state index is -3.21. The summed E-state index contributed by atoms with van der Waals surface area (Å²) >= 11 is 0. The van der Waals surface area contributed by atoms with Gasteiger partial charge in [0.2, 0.25) is 5.91 Å². The standard InChI is InChI=1S/C41H63FN4O11/c1-12-30-41(10)33(46(38(52)57-41)18-17-45(27(7)47)22-28-15-14-16-43-21-28)25(5)31(48)23(3)20-39(8,53-11)35(26(6)34(50)40(9,42)37(51)55-30)56-36-32(49)29(44-13-2)19-24(4)54-36/h14-16,21,23-26,29-30,32-33,35-36,44,49H,12-13,17-20,22H2,1-11H3/t23-,24-,25+,26+,29+,30-,32+,33?,35-,36+,39-,40+,41-/m1/s1. The van der Waals surface area contributed by atoms with Gasteiger partial charge in [-0.1, -0.05) is 40.7 Å². The van der Waals surface area contributed by atoms with Crippen molar-refractivity contribution >= 4 is 29.5 Å². The number of Topliss-reactive ketones (excluding diaryl/α,β-unsaturated/α-hetero) is 2. The molecule has 57 heavy (non-hydrogen) atoms. The van der Waals surface area contributed by atoms with Crippen molar-refractivity contribution in [2.24, 2.45) is 17.8 Å². The lowest BCUT2D eigenvalue weighted by Gasteiger charge is -2.46. The lowest BCUT2D eigenvalue weighted by atomic mass is 9.73. The van der Waals surface area contributed by atoms with Crippen LogP contribution in [0.1, 0.15) is 94.1 Å². The Morgan fingerprint density at radius 3 is 2.39 bits per heavy atom. The van der Waals surface area contributed by atoms with Crippen LogP contribution in [0.4, 0.5) is 9.18 Å². The van der Waals surface area contributed by atoms with Crippen LogP contribution in [0.2, 0.25) is 0 Å². The molecule has 3 saturated heterocycles. The summed E-state index contributed by atoms with van der Waals surface area (Å²) in [6.45, 7) is 16.3. The van der Waals surface area contributed by atoms with Crippen LogP contribution in [-0.4, -0.2) is 136 Å². The Morgan fingerprint density at radius 2 is 1.81 bits per heavy atom. The number of aliphatic hydroxyl groups is 1. The van der Waals surface area contributed by atoms with E-state index < -0.39 is 89.2 Å². The van der Waals surface area contributed by atoms with E-state index in [0.29, 0.717) is 13.0 Å². The van der Waals surface area contributed by atoms with Gasteiger partial charge in [-0.3, -0.25) is 24.3 Å². The molecule has 3 aliphatic rings. The molecule has 4 rings (SSSR count). The van der Waals surface area contributed by atoms with Crippen molar-refractivity contribution in [3.05, 3.63) is 30.1 Å². The maximum Gasteiger partial charge on any atom is 0.410 e. The van der Waals surface area contributed by atoms with Gasteiger partial charge in [0.15, 0.2) is 17.7 Å². The summed E-state index contributed by atoms with van der Waals surface area (Å²) in [6.07, 6.45) is -2.54. The number of nitrogens with one attached hydrogen (secondary N) is 1. The molecule has 15 nitrogen and oxygen atoms in total. The smallest absolute Gasteiger partial charge is 0.410 e. The van der Waals surface area contributed by atoms with Crippen LogP contribution in [0.25, 0.3) is 0 Å². The van der Waals surface area contributed by atoms with Crippen LogP contribution in [0.5, 0.6) is 0 Å². The van der Waals surface area contributed by atoms with Crippen molar-refractivity contribution in [3.8, 4) is 0 Å². The van der Waals surface area contributed by atoms with E-state index in [9.17, 15) is 29.1 Å². The van der Waals surface area contributed by atoms with Gasteiger partial charge in [0.25, 0.3) is 5.67 Å². The Hall–Kier alpha value is -3.57. The van der Waals surface area contributed by atoms with E-state index in [2.05, 4.69) is 10.3 Å². The maximum absolute atomic E-state index is 16.9. The molecule has 3 aliphatic heterocycles. The summed E-state index contributed by atoms with van der Waals surface area (Å²) in [5.41, 5.74) is -5.61. The molecule has 0 bridgehead atoms. The van der Waals surface area contributed by atoms with E-state index in [4.69, 9.17) is 23.7 Å². The number of hydrogen-bond acceptors (Lipinski definition) is 13. The van der Waals surface area contributed by atoms with Crippen molar-refractivity contribution in [1.29, 1.82) is 0 Å². The molecule has 1 aromatic heterocycles. The lowest BCUT2D eigenvalue weighted by Crippen LogP contribution is -2.62. The first-order valence-electron chi connectivity index (χ1n) is 20.1. The summed E-state index contributed by atoms with van der Waals surface area (Å²) in [5, 5.41) is 14.6. The molecule has 2 N–H and O–H groups in total. The topological polar surface area (TPSA) is 183 Å². The quantitative estimate of drug-likeness (QED) is 0.244. The molecule has 13 atom stereocenters. The predicted octanol–water partition coefficient (Wildman–Crippen LogP) is 3.77. The molecule has 0 aliphatic carbocycles. The molecule has 0 aromatic carbocycles. The molecule has 0 radical (unpaired) electrons. The zero-order valence-corrected chi connectivity index (χ0v) is 35.3.